The third-order valence-electron chi connectivity index (χ3n) is 5.58. The molecule has 4 rings (SSSR count). The average Bonchev–Trinajstić information content (AvgIpc) is 3.05. The number of nitrogens with one attached hydrogen (secondary N) is 1. The van der Waals surface area contributed by atoms with E-state index in [0.717, 1.165) is 55.2 Å². The summed E-state index contributed by atoms with van der Waals surface area (Å²) in [7, 11) is 2.14. The Labute approximate surface area is 181 Å². The zero-order valence-corrected chi connectivity index (χ0v) is 18.4. The molecule has 158 valence electrons. The Morgan fingerprint density at radius 2 is 1.90 bits per heavy atom. The molecule has 0 aliphatic carbocycles. The van der Waals surface area contributed by atoms with Gasteiger partial charge in [0.25, 0.3) is 5.91 Å². The monoisotopic (exact) mass is 426 g/mol. The van der Waals surface area contributed by atoms with E-state index < -0.39 is 0 Å². The van der Waals surface area contributed by atoms with E-state index in [4.69, 9.17) is 11.6 Å². The third-order valence-corrected chi connectivity index (χ3v) is 5.90. The maximum Gasteiger partial charge on any atom is 0.252 e. The lowest BCUT2D eigenvalue weighted by Gasteiger charge is -2.32. The number of likely N-dealkylation sites (N-methyl/N-ethyl adjacent to an activating group) is 1. The Bertz CT molecular complexity index is 1070. The summed E-state index contributed by atoms with van der Waals surface area (Å²) in [6.45, 7) is 9.46. The molecule has 1 aromatic carbocycles. The van der Waals surface area contributed by atoms with Crippen LogP contribution in [0.2, 0.25) is 5.02 Å². The van der Waals surface area contributed by atoms with Crippen LogP contribution in [-0.2, 0) is 0 Å². The van der Waals surface area contributed by atoms with Crippen LogP contribution < -0.4 is 5.32 Å². The number of halogens is 1. The molecular weight excluding hydrogens is 400 g/mol. The molecule has 1 amide bonds. The summed E-state index contributed by atoms with van der Waals surface area (Å²) in [4.78, 5) is 22.4. The highest BCUT2D eigenvalue weighted by atomic mass is 35.5. The zero-order valence-electron chi connectivity index (χ0n) is 17.7. The van der Waals surface area contributed by atoms with E-state index in [9.17, 15) is 4.79 Å². The molecule has 1 saturated heterocycles. The number of aryl methyl sites for hydroxylation is 2. The first-order valence-corrected chi connectivity index (χ1v) is 10.6. The van der Waals surface area contributed by atoms with Gasteiger partial charge in [0.15, 0.2) is 5.65 Å². The molecule has 1 aliphatic heterocycles. The van der Waals surface area contributed by atoms with E-state index in [1.54, 1.807) is 4.68 Å². The fraction of sp³-hybridized carbons (Fsp3) is 0.409. The van der Waals surface area contributed by atoms with E-state index in [2.05, 4.69) is 32.2 Å². The number of rotatable bonds is 5. The van der Waals surface area contributed by atoms with Crippen molar-refractivity contribution in [2.75, 3.05) is 46.3 Å². The lowest BCUT2D eigenvalue weighted by molar-refractivity contribution is 0.0942. The second-order valence-electron chi connectivity index (χ2n) is 7.86. The van der Waals surface area contributed by atoms with Crippen LogP contribution in [0.3, 0.4) is 0 Å². The molecule has 0 unspecified atom stereocenters. The van der Waals surface area contributed by atoms with Crippen molar-refractivity contribution in [3.05, 3.63) is 52.3 Å². The summed E-state index contributed by atoms with van der Waals surface area (Å²) in [5.74, 6) is -0.0959. The third kappa shape index (κ3) is 4.19. The lowest BCUT2D eigenvalue weighted by Crippen LogP contribution is -2.46. The Hall–Kier alpha value is -2.48. The van der Waals surface area contributed by atoms with E-state index in [1.165, 1.54) is 0 Å². The van der Waals surface area contributed by atoms with Crippen molar-refractivity contribution in [2.24, 2.45) is 0 Å². The summed E-state index contributed by atoms with van der Waals surface area (Å²) in [5, 5.41) is 9.07. The zero-order chi connectivity index (χ0) is 21.3. The normalized spacial score (nSPS) is 15.6. The number of hydrogen-bond donors (Lipinski definition) is 1. The van der Waals surface area contributed by atoms with Gasteiger partial charge in [0.2, 0.25) is 0 Å². The summed E-state index contributed by atoms with van der Waals surface area (Å²) >= 11 is 6.39. The molecule has 0 radical (unpaired) electrons. The first-order valence-electron chi connectivity index (χ1n) is 10.2. The molecular formula is C22H27ClN6O. The van der Waals surface area contributed by atoms with Crippen molar-refractivity contribution in [1.82, 2.24) is 29.9 Å². The molecule has 0 bridgehead atoms. The van der Waals surface area contributed by atoms with Crippen molar-refractivity contribution >= 4 is 28.5 Å². The second kappa shape index (κ2) is 8.71. The molecule has 1 fully saturated rings. The van der Waals surface area contributed by atoms with Gasteiger partial charge in [-0.3, -0.25) is 9.69 Å². The van der Waals surface area contributed by atoms with Crippen molar-refractivity contribution in [3.63, 3.8) is 0 Å². The minimum atomic E-state index is -0.0959. The smallest absolute Gasteiger partial charge is 0.252 e. The van der Waals surface area contributed by atoms with Crippen LogP contribution in [0.1, 0.15) is 21.7 Å². The number of amides is 1. The fourth-order valence-corrected chi connectivity index (χ4v) is 4.09. The van der Waals surface area contributed by atoms with E-state index >= 15 is 0 Å². The molecule has 3 heterocycles. The predicted molar refractivity (Wildman–Crippen MR) is 120 cm³/mol. The number of carbonyl (C=O) groups excluding carboxylic acids is 1. The van der Waals surface area contributed by atoms with Gasteiger partial charge in [-0.1, -0.05) is 23.7 Å². The van der Waals surface area contributed by atoms with Crippen LogP contribution in [-0.4, -0.2) is 76.8 Å². The summed E-state index contributed by atoms with van der Waals surface area (Å²) in [6, 6.07) is 9.34. The standard InChI is InChI=1S/C22H27ClN6O/c1-15-14-17(22(30)24-8-9-28-12-10-27(3)11-13-28)20-16(2)26-29(21(20)25-15)19-7-5-4-6-18(19)23/h4-7,14H,8-13H2,1-3H3,(H,24,30). The number of piperazine rings is 1. The number of fused-ring (bicyclic) bond motifs is 1. The molecule has 7 nitrogen and oxygen atoms in total. The summed E-state index contributed by atoms with van der Waals surface area (Å²) < 4.78 is 1.72. The van der Waals surface area contributed by atoms with Crippen molar-refractivity contribution in [2.45, 2.75) is 13.8 Å². The highest BCUT2D eigenvalue weighted by Gasteiger charge is 2.20. The molecule has 0 saturated carbocycles. The number of carbonyl (C=O) groups is 1. The van der Waals surface area contributed by atoms with E-state index in [0.29, 0.717) is 22.8 Å². The number of nitrogens with zero attached hydrogens (tertiary/aromatic N) is 5. The maximum atomic E-state index is 13.0. The van der Waals surface area contributed by atoms with Gasteiger partial charge in [0.05, 0.1) is 27.4 Å². The molecule has 0 atom stereocenters. The van der Waals surface area contributed by atoms with Crippen LogP contribution in [0, 0.1) is 13.8 Å². The lowest BCUT2D eigenvalue weighted by atomic mass is 10.1. The number of aromatic nitrogens is 3. The van der Waals surface area contributed by atoms with E-state index in [1.807, 2.05) is 44.2 Å². The predicted octanol–water partition coefficient (Wildman–Crippen LogP) is 2.67. The summed E-state index contributed by atoms with van der Waals surface area (Å²) in [6.07, 6.45) is 0. The number of hydrogen-bond acceptors (Lipinski definition) is 5. The molecule has 1 N–H and O–H groups in total. The Kier molecular flexibility index (Phi) is 6.04. The van der Waals surface area contributed by atoms with Gasteiger partial charge >= 0.3 is 0 Å². The van der Waals surface area contributed by atoms with Crippen LogP contribution in [0.15, 0.2) is 30.3 Å². The molecule has 2 aromatic heterocycles. The van der Waals surface area contributed by atoms with Gasteiger partial charge in [0.1, 0.15) is 0 Å². The molecule has 8 heteroatoms. The fourth-order valence-electron chi connectivity index (χ4n) is 3.88. The van der Waals surface area contributed by atoms with Crippen LogP contribution >= 0.6 is 11.6 Å². The number of para-hydroxylation sites is 1. The second-order valence-corrected chi connectivity index (χ2v) is 8.27. The van der Waals surface area contributed by atoms with Crippen molar-refractivity contribution in [3.8, 4) is 5.69 Å². The average molecular weight is 427 g/mol. The van der Waals surface area contributed by atoms with Crippen LogP contribution in [0.5, 0.6) is 0 Å². The van der Waals surface area contributed by atoms with Gasteiger partial charge < -0.3 is 10.2 Å². The number of benzene rings is 1. The van der Waals surface area contributed by atoms with Gasteiger partial charge in [0, 0.05) is 45.0 Å². The highest BCUT2D eigenvalue weighted by Crippen LogP contribution is 2.27. The van der Waals surface area contributed by atoms with E-state index in [-0.39, 0.29) is 5.91 Å². The van der Waals surface area contributed by atoms with Crippen LogP contribution in [0.4, 0.5) is 0 Å². The summed E-state index contributed by atoms with van der Waals surface area (Å²) in [5.41, 5.74) is 3.51. The maximum absolute atomic E-state index is 13.0. The first kappa shape index (κ1) is 20.8. The van der Waals surface area contributed by atoms with Gasteiger partial charge in [-0.2, -0.15) is 5.10 Å². The Morgan fingerprint density at radius 1 is 1.17 bits per heavy atom. The topological polar surface area (TPSA) is 66.3 Å². The quantitative estimate of drug-likeness (QED) is 0.679. The molecule has 0 spiro atoms. The minimum Gasteiger partial charge on any atom is -0.351 e. The molecule has 3 aromatic rings. The molecule has 30 heavy (non-hydrogen) atoms. The minimum absolute atomic E-state index is 0.0959. The largest absolute Gasteiger partial charge is 0.351 e. The van der Waals surface area contributed by atoms with Gasteiger partial charge in [-0.05, 0) is 39.1 Å². The Morgan fingerprint density at radius 3 is 2.63 bits per heavy atom. The Balaban J connectivity index is 1.58. The van der Waals surface area contributed by atoms with Gasteiger partial charge in [-0.25, -0.2) is 9.67 Å². The highest BCUT2D eigenvalue weighted by molar-refractivity contribution is 6.32. The van der Waals surface area contributed by atoms with Crippen molar-refractivity contribution < 1.29 is 4.79 Å². The number of pyridine rings is 1. The van der Waals surface area contributed by atoms with Crippen LogP contribution in [0.25, 0.3) is 16.7 Å². The van der Waals surface area contributed by atoms with Gasteiger partial charge in [-0.15, -0.1) is 0 Å². The first-order chi connectivity index (χ1) is 14.4. The SMILES string of the molecule is Cc1cc(C(=O)NCCN2CCN(C)CC2)c2c(C)nn(-c3ccccc3Cl)c2n1. The van der Waals surface area contributed by atoms with Crippen molar-refractivity contribution in [1.29, 1.82) is 0 Å². The molecule has 1 aliphatic rings.